The summed E-state index contributed by atoms with van der Waals surface area (Å²) in [7, 11) is 0. The van der Waals surface area contributed by atoms with Crippen molar-refractivity contribution in [1.82, 2.24) is 15.1 Å². The van der Waals surface area contributed by atoms with E-state index in [1.807, 2.05) is 6.07 Å². The molecule has 3 aliphatic heterocycles. The van der Waals surface area contributed by atoms with Gasteiger partial charge in [-0.15, -0.1) is 0 Å². The number of nitriles is 1. The maximum absolute atomic E-state index is 12.9. The Morgan fingerprint density at radius 1 is 1.17 bits per heavy atom. The van der Waals surface area contributed by atoms with Crippen LogP contribution in [0.5, 0.6) is 0 Å². The monoisotopic (exact) mass is 393 g/mol. The van der Waals surface area contributed by atoms with Crippen LogP contribution in [0.4, 0.5) is 0 Å². The molecule has 1 spiro atoms. The largest absolute Gasteiger partial charge is 0.337 e. The lowest BCUT2D eigenvalue weighted by Crippen LogP contribution is -2.62. The van der Waals surface area contributed by atoms with Crippen LogP contribution in [-0.2, 0) is 11.3 Å². The molecule has 2 fully saturated rings. The van der Waals surface area contributed by atoms with Crippen LogP contribution < -0.4 is 5.32 Å². The van der Waals surface area contributed by atoms with E-state index in [1.165, 1.54) is 12.0 Å². The van der Waals surface area contributed by atoms with Crippen LogP contribution in [-0.4, -0.2) is 52.4 Å². The second-order valence-electron chi connectivity index (χ2n) is 8.89. The molecule has 0 bridgehead atoms. The minimum Gasteiger partial charge on any atom is -0.337 e. The van der Waals surface area contributed by atoms with Gasteiger partial charge in [0.15, 0.2) is 5.92 Å². The minimum absolute atomic E-state index is 0.181. The number of benzene rings is 1. The molecule has 1 amide bonds. The first-order valence-corrected chi connectivity index (χ1v) is 10.9. The number of nitrogens with one attached hydrogen (secondary N) is 1. The van der Waals surface area contributed by atoms with Crippen molar-refractivity contribution in [3.05, 3.63) is 35.9 Å². The number of piperidine rings is 2. The molecular formula is C23H31N5O. The Morgan fingerprint density at radius 2 is 1.83 bits per heavy atom. The van der Waals surface area contributed by atoms with Crippen molar-refractivity contribution >= 4 is 11.9 Å². The van der Waals surface area contributed by atoms with Crippen LogP contribution in [0, 0.1) is 17.2 Å². The summed E-state index contributed by atoms with van der Waals surface area (Å²) in [5, 5.41) is 12.7. The van der Waals surface area contributed by atoms with Gasteiger partial charge in [0.2, 0.25) is 11.9 Å². The first-order chi connectivity index (χ1) is 14.0. The molecule has 6 heteroatoms. The third-order valence-electron chi connectivity index (χ3n) is 6.90. The number of rotatable bonds is 2. The number of amides is 1. The number of carbonyl (C=O) groups is 1. The fraction of sp³-hybridized carbons (Fsp3) is 0.609. The number of aliphatic imine (C=N–C) groups is 1. The zero-order chi connectivity index (χ0) is 20.4. The van der Waals surface area contributed by atoms with E-state index in [0.717, 1.165) is 45.3 Å². The molecule has 4 rings (SSSR count). The van der Waals surface area contributed by atoms with Crippen molar-refractivity contribution in [1.29, 1.82) is 5.26 Å². The molecule has 154 valence electrons. The average molecular weight is 394 g/mol. The van der Waals surface area contributed by atoms with E-state index in [9.17, 15) is 10.1 Å². The number of hydrogen-bond donors (Lipinski definition) is 1. The van der Waals surface area contributed by atoms with Crippen molar-refractivity contribution in [3.8, 4) is 6.07 Å². The Labute approximate surface area is 173 Å². The molecule has 0 radical (unpaired) electrons. The summed E-state index contributed by atoms with van der Waals surface area (Å²) in [4.78, 5) is 22.7. The van der Waals surface area contributed by atoms with E-state index >= 15 is 0 Å². The van der Waals surface area contributed by atoms with Crippen LogP contribution in [0.3, 0.4) is 0 Å². The molecule has 2 saturated heterocycles. The van der Waals surface area contributed by atoms with Gasteiger partial charge in [-0.2, -0.15) is 5.26 Å². The Balaban J connectivity index is 1.55. The Kier molecular flexibility index (Phi) is 5.60. The quantitative estimate of drug-likeness (QED) is 0.839. The highest BCUT2D eigenvalue weighted by Gasteiger charge is 2.50. The molecule has 0 aliphatic carbocycles. The summed E-state index contributed by atoms with van der Waals surface area (Å²) in [6.07, 6.45) is 4.91. The van der Waals surface area contributed by atoms with Gasteiger partial charge in [-0.05, 0) is 51.5 Å². The fourth-order valence-corrected chi connectivity index (χ4v) is 5.21. The summed E-state index contributed by atoms with van der Waals surface area (Å²) < 4.78 is 0. The second-order valence-corrected chi connectivity index (χ2v) is 8.89. The zero-order valence-electron chi connectivity index (χ0n) is 17.5. The SMILES string of the molecule is C[C@@H]1CCC[C@H](C)N1C1=NC2(CCN(Cc3ccccc3)CC2)[C@H](C#N)C(=O)N1. The number of likely N-dealkylation sites (tertiary alicyclic amines) is 2. The molecule has 0 saturated carbocycles. The van der Waals surface area contributed by atoms with E-state index in [2.05, 4.69) is 59.3 Å². The highest BCUT2D eigenvalue weighted by Crippen LogP contribution is 2.37. The summed E-state index contributed by atoms with van der Waals surface area (Å²) in [5.74, 6) is -0.197. The molecular weight excluding hydrogens is 362 g/mol. The predicted octanol–water partition coefficient (Wildman–Crippen LogP) is 2.91. The Morgan fingerprint density at radius 3 is 2.45 bits per heavy atom. The third kappa shape index (κ3) is 3.89. The predicted molar refractivity (Wildman–Crippen MR) is 113 cm³/mol. The van der Waals surface area contributed by atoms with Gasteiger partial charge in [0, 0.05) is 31.7 Å². The van der Waals surface area contributed by atoms with E-state index in [-0.39, 0.29) is 5.91 Å². The Hall–Kier alpha value is -2.39. The smallest absolute Gasteiger partial charge is 0.246 e. The first-order valence-electron chi connectivity index (χ1n) is 10.9. The van der Waals surface area contributed by atoms with Crippen LogP contribution in [0.15, 0.2) is 35.3 Å². The highest BCUT2D eigenvalue weighted by atomic mass is 16.2. The van der Waals surface area contributed by atoms with Gasteiger partial charge in [0.1, 0.15) is 0 Å². The van der Waals surface area contributed by atoms with Crippen molar-refractivity contribution in [2.75, 3.05) is 13.1 Å². The molecule has 29 heavy (non-hydrogen) atoms. The van der Waals surface area contributed by atoms with Gasteiger partial charge in [0.25, 0.3) is 0 Å². The van der Waals surface area contributed by atoms with E-state index < -0.39 is 11.5 Å². The number of hydrogen-bond acceptors (Lipinski definition) is 5. The molecule has 3 heterocycles. The van der Waals surface area contributed by atoms with Crippen molar-refractivity contribution in [2.45, 2.75) is 70.1 Å². The van der Waals surface area contributed by atoms with E-state index in [1.54, 1.807) is 0 Å². The van der Waals surface area contributed by atoms with Crippen LogP contribution >= 0.6 is 0 Å². The van der Waals surface area contributed by atoms with E-state index in [4.69, 9.17) is 4.99 Å². The lowest BCUT2D eigenvalue weighted by atomic mass is 9.75. The summed E-state index contributed by atoms with van der Waals surface area (Å²) in [6, 6.07) is 13.4. The van der Waals surface area contributed by atoms with E-state index in [0.29, 0.717) is 18.0 Å². The fourth-order valence-electron chi connectivity index (χ4n) is 5.21. The minimum atomic E-state index is -0.708. The third-order valence-corrected chi connectivity index (χ3v) is 6.90. The first kappa shape index (κ1) is 19.9. The summed E-state index contributed by atoms with van der Waals surface area (Å²) >= 11 is 0. The van der Waals surface area contributed by atoms with Gasteiger partial charge >= 0.3 is 0 Å². The molecule has 3 aliphatic rings. The molecule has 3 atom stereocenters. The van der Waals surface area contributed by atoms with Crippen molar-refractivity contribution in [3.63, 3.8) is 0 Å². The molecule has 1 aromatic carbocycles. The van der Waals surface area contributed by atoms with Crippen molar-refractivity contribution in [2.24, 2.45) is 10.9 Å². The summed E-state index contributed by atoms with van der Waals surface area (Å²) in [5.41, 5.74) is 0.693. The molecule has 6 nitrogen and oxygen atoms in total. The van der Waals surface area contributed by atoms with Crippen LogP contribution in [0.1, 0.15) is 51.5 Å². The van der Waals surface area contributed by atoms with Crippen LogP contribution in [0.25, 0.3) is 0 Å². The van der Waals surface area contributed by atoms with Gasteiger partial charge in [-0.25, -0.2) is 4.99 Å². The van der Waals surface area contributed by atoms with Gasteiger partial charge in [-0.3, -0.25) is 15.0 Å². The number of guanidine groups is 1. The maximum Gasteiger partial charge on any atom is 0.246 e. The lowest BCUT2D eigenvalue weighted by Gasteiger charge is -2.47. The number of nitrogens with zero attached hydrogens (tertiary/aromatic N) is 4. The Bertz CT molecular complexity index is 796. The molecule has 0 aromatic heterocycles. The van der Waals surface area contributed by atoms with Crippen molar-refractivity contribution < 1.29 is 4.79 Å². The zero-order valence-corrected chi connectivity index (χ0v) is 17.5. The molecule has 1 aromatic rings. The highest BCUT2D eigenvalue weighted by molar-refractivity contribution is 6.02. The maximum atomic E-state index is 12.9. The molecule has 1 N–H and O–H groups in total. The topological polar surface area (TPSA) is 71.7 Å². The number of carbonyl (C=O) groups excluding carboxylic acids is 1. The standard InChI is InChI=1S/C23H31N5O/c1-17-7-6-8-18(2)28(17)22-25-21(29)20(15-24)23(26-22)11-13-27(14-12-23)16-19-9-4-3-5-10-19/h3-5,9-10,17-18,20H,6-8,11-14,16H2,1-2H3,(H,25,26,29)/t17-,18+,20-/m1/s1. The van der Waals surface area contributed by atoms with Crippen LogP contribution in [0.2, 0.25) is 0 Å². The van der Waals surface area contributed by atoms with Gasteiger partial charge in [0.05, 0.1) is 11.6 Å². The average Bonchev–Trinajstić information content (AvgIpc) is 2.70. The summed E-state index contributed by atoms with van der Waals surface area (Å²) in [6.45, 7) is 7.01. The normalized spacial score (nSPS) is 29.8. The van der Waals surface area contributed by atoms with Gasteiger partial charge in [-0.1, -0.05) is 30.3 Å². The lowest BCUT2D eigenvalue weighted by molar-refractivity contribution is -0.125. The molecule has 0 unspecified atom stereocenters. The second kappa shape index (κ2) is 8.16. The van der Waals surface area contributed by atoms with Gasteiger partial charge < -0.3 is 4.90 Å².